The van der Waals surface area contributed by atoms with Crippen LogP contribution in [0.15, 0.2) is 55.1 Å². The Morgan fingerprint density at radius 2 is 1.95 bits per heavy atom. The Morgan fingerprint density at radius 1 is 1.08 bits per heavy atom. The van der Waals surface area contributed by atoms with E-state index >= 15 is 0 Å². The minimum Gasteiger partial charge on any atom is -0.444 e. The van der Waals surface area contributed by atoms with E-state index in [1.54, 1.807) is 35.5 Å². The third kappa shape index (κ3) is 4.41. The van der Waals surface area contributed by atoms with E-state index in [1.807, 2.05) is 37.8 Å². The van der Waals surface area contributed by atoms with Crippen molar-refractivity contribution < 1.29 is 13.9 Å². The van der Waals surface area contributed by atoms with Crippen LogP contribution in [0.1, 0.15) is 27.2 Å². The van der Waals surface area contributed by atoms with Crippen LogP contribution in [0.5, 0.6) is 0 Å². The Hall–Kier alpha value is -4.28. The number of pyridine rings is 1. The SMILES string of the molecule is CC(C)(C)OC(=O)N1C[C@@H]2C[C@H]1CN2c1cc(-n2nc(Nc3cnccn3)c3ccc(F)cc32)ccn1. The molecule has 2 bridgehead atoms. The molecule has 4 aromatic rings. The molecule has 3 aromatic heterocycles. The molecule has 2 aliphatic rings. The molecule has 1 N–H and O–H groups in total. The lowest BCUT2D eigenvalue weighted by Gasteiger charge is -2.35. The van der Waals surface area contributed by atoms with Crippen molar-refractivity contribution in [3.8, 4) is 5.69 Å². The molecule has 2 atom stereocenters. The fourth-order valence-electron chi connectivity index (χ4n) is 5.05. The highest BCUT2D eigenvalue weighted by atomic mass is 19.1. The molecule has 1 aromatic carbocycles. The summed E-state index contributed by atoms with van der Waals surface area (Å²) in [6, 6.07) is 8.58. The highest BCUT2D eigenvalue weighted by molar-refractivity contribution is 5.92. The van der Waals surface area contributed by atoms with E-state index in [1.165, 1.54) is 12.1 Å². The van der Waals surface area contributed by atoms with Crippen molar-refractivity contribution in [2.24, 2.45) is 0 Å². The number of nitrogens with one attached hydrogen (secondary N) is 1. The van der Waals surface area contributed by atoms with Crippen molar-refractivity contribution in [1.82, 2.24) is 29.6 Å². The van der Waals surface area contributed by atoms with Gasteiger partial charge in [-0.2, -0.15) is 0 Å². The second-order valence-corrected chi connectivity index (χ2v) is 10.3. The number of anilines is 3. The summed E-state index contributed by atoms with van der Waals surface area (Å²) in [5.41, 5.74) is 0.837. The van der Waals surface area contributed by atoms with Crippen molar-refractivity contribution in [3.63, 3.8) is 0 Å². The van der Waals surface area contributed by atoms with Crippen LogP contribution in [0.4, 0.5) is 26.6 Å². The van der Waals surface area contributed by atoms with Gasteiger partial charge in [0.15, 0.2) is 5.82 Å². The van der Waals surface area contributed by atoms with Gasteiger partial charge in [0.25, 0.3) is 0 Å². The van der Waals surface area contributed by atoms with Gasteiger partial charge in [0.1, 0.15) is 23.1 Å². The number of fused-ring (bicyclic) bond motifs is 3. The van der Waals surface area contributed by atoms with Gasteiger partial charge in [0, 0.05) is 49.2 Å². The first kappa shape index (κ1) is 23.1. The number of likely N-dealkylation sites (tertiary alicyclic amines) is 1. The minimum absolute atomic E-state index is 0.0766. The summed E-state index contributed by atoms with van der Waals surface area (Å²) >= 11 is 0. The van der Waals surface area contributed by atoms with E-state index in [4.69, 9.17) is 9.84 Å². The molecule has 11 heteroatoms. The lowest BCUT2D eigenvalue weighted by Crippen LogP contribution is -2.50. The monoisotopic (exact) mass is 502 g/mol. The number of benzene rings is 1. The van der Waals surface area contributed by atoms with E-state index in [9.17, 15) is 9.18 Å². The maximum Gasteiger partial charge on any atom is 0.410 e. The summed E-state index contributed by atoms with van der Waals surface area (Å²) in [4.78, 5) is 29.6. The van der Waals surface area contributed by atoms with E-state index in [2.05, 4.69) is 25.2 Å². The van der Waals surface area contributed by atoms with Gasteiger partial charge in [-0.25, -0.2) is 23.8 Å². The third-order valence-electron chi connectivity index (χ3n) is 6.59. The van der Waals surface area contributed by atoms with Gasteiger partial charge in [-0.05, 0) is 45.4 Å². The van der Waals surface area contributed by atoms with E-state index in [0.717, 1.165) is 23.3 Å². The first-order chi connectivity index (χ1) is 17.7. The summed E-state index contributed by atoms with van der Waals surface area (Å²) in [6.07, 6.45) is 7.10. The van der Waals surface area contributed by atoms with Crippen LogP contribution in [0.2, 0.25) is 0 Å². The molecule has 0 saturated carbocycles. The van der Waals surface area contributed by atoms with Gasteiger partial charge >= 0.3 is 6.09 Å². The molecule has 2 aliphatic heterocycles. The largest absolute Gasteiger partial charge is 0.444 e. The maximum absolute atomic E-state index is 14.3. The standard InChI is InChI=1S/C26H27FN8O2/c1-26(2,3)37-25(36)34-15-18-11-19(34)14-33(18)23-12-17(6-7-30-23)35-21-10-16(27)4-5-20(21)24(32-35)31-22-13-28-8-9-29-22/h4-10,12-13,18-19H,11,14-15H2,1-3H3,(H,29,31,32)/t18-,19-/m0/s1. The van der Waals surface area contributed by atoms with Crippen molar-refractivity contribution in [1.29, 1.82) is 0 Å². The molecular weight excluding hydrogens is 475 g/mol. The van der Waals surface area contributed by atoms with Crippen LogP contribution in [-0.4, -0.2) is 66.5 Å². The zero-order valence-electron chi connectivity index (χ0n) is 20.8. The fraction of sp³-hybridized carbons (Fsp3) is 0.346. The summed E-state index contributed by atoms with van der Waals surface area (Å²) in [5.74, 6) is 1.52. The van der Waals surface area contributed by atoms with Crippen LogP contribution in [0.25, 0.3) is 16.6 Å². The highest BCUT2D eigenvalue weighted by Gasteiger charge is 2.47. The van der Waals surface area contributed by atoms with Crippen LogP contribution in [0.3, 0.4) is 0 Å². The van der Waals surface area contributed by atoms with Gasteiger partial charge in [-0.1, -0.05) is 0 Å². The predicted octanol–water partition coefficient (Wildman–Crippen LogP) is 4.29. The molecule has 6 rings (SSSR count). The number of amides is 1. The van der Waals surface area contributed by atoms with E-state index < -0.39 is 5.60 Å². The quantitative estimate of drug-likeness (QED) is 0.441. The number of halogens is 1. The number of hydrogen-bond donors (Lipinski definition) is 1. The molecule has 0 unspecified atom stereocenters. The number of ether oxygens (including phenoxy) is 1. The first-order valence-electron chi connectivity index (χ1n) is 12.2. The normalized spacial score (nSPS) is 19.0. The van der Waals surface area contributed by atoms with Gasteiger partial charge < -0.3 is 19.9 Å². The fourth-order valence-corrected chi connectivity index (χ4v) is 5.05. The molecule has 0 aliphatic carbocycles. The molecular formula is C26H27FN8O2. The van der Waals surface area contributed by atoms with Gasteiger partial charge in [0.05, 0.1) is 29.5 Å². The van der Waals surface area contributed by atoms with E-state index in [0.29, 0.717) is 30.2 Å². The lowest BCUT2D eigenvalue weighted by atomic mass is 10.2. The Bertz CT molecular complexity index is 1470. The number of nitrogens with zero attached hydrogens (tertiary/aromatic N) is 7. The number of rotatable bonds is 4. The van der Waals surface area contributed by atoms with Crippen LogP contribution >= 0.6 is 0 Å². The lowest BCUT2D eigenvalue weighted by molar-refractivity contribution is 0.0214. The Kier molecular flexibility index (Phi) is 5.43. The molecule has 2 saturated heterocycles. The summed E-state index contributed by atoms with van der Waals surface area (Å²) in [7, 11) is 0. The zero-order chi connectivity index (χ0) is 25.7. The predicted molar refractivity (Wildman–Crippen MR) is 137 cm³/mol. The van der Waals surface area contributed by atoms with Crippen molar-refractivity contribution in [2.75, 3.05) is 23.3 Å². The summed E-state index contributed by atoms with van der Waals surface area (Å²) in [6.45, 7) is 6.89. The Balaban J connectivity index is 1.28. The van der Waals surface area contributed by atoms with Gasteiger partial charge in [-0.15, -0.1) is 5.10 Å². The average Bonchev–Trinajstić information content (AvgIpc) is 3.57. The second-order valence-electron chi connectivity index (χ2n) is 10.3. The molecule has 0 radical (unpaired) electrons. The number of hydrogen-bond acceptors (Lipinski definition) is 8. The number of carbonyl (C=O) groups is 1. The van der Waals surface area contributed by atoms with Crippen molar-refractivity contribution >= 4 is 34.4 Å². The second kappa shape index (κ2) is 8.68. The molecule has 2 fully saturated rings. The van der Waals surface area contributed by atoms with E-state index in [-0.39, 0.29) is 24.0 Å². The summed E-state index contributed by atoms with van der Waals surface area (Å²) < 4.78 is 21.5. The Morgan fingerprint density at radius 3 is 2.68 bits per heavy atom. The molecule has 1 amide bonds. The summed E-state index contributed by atoms with van der Waals surface area (Å²) in [5, 5.41) is 8.66. The number of carbonyl (C=O) groups excluding carboxylic acids is 1. The van der Waals surface area contributed by atoms with Crippen molar-refractivity contribution in [2.45, 2.75) is 44.9 Å². The maximum atomic E-state index is 14.3. The van der Waals surface area contributed by atoms with Crippen LogP contribution < -0.4 is 10.2 Å². The van der Waals surface area contributed by atoms with Gasteiger partial charge in [0.2, 0.25) is 0 Å². The highest BCUT2D eigenvalue weighted by Crippen LogP contribution is 2.36. The van der Waals surface area contributed by atoms with Crippen molar-refractivity contribution in [3.05, 3.63) is 60.9 Å². The van der Waals surface area contributed by atoms with Crippen LogP contribution in [-0.2, 0) is 4.74 Å². The third-order valence-corrected chi connectivity index (χ3v) is 6.59. The topological polar surface area (TPSA) is 101 Å². The molecule has 0 spiro atoms. The number of piperazine rings is 1. The molecule has 5 heterocycles. The smallest absolute Gasteiger partial charge is 0.410 e. The average molecular weight is 503 g/mol. The van der Waals surface area contributed by atoms with Gasteiger partial charge in [-0.3, -0.25) is 4.98 Å². The van der Waals surface area contributed by atoms with Crippen LogP contribution in [0, 0.1) is 5.82 Å². The zero-order valence-corrected chi connectivity index (χ0v) is 20.8. The number of aromatic nitrogens is 5. The Labute approximate surface area is 213 Å². The first-order valence-corrected chi connectivity index (χ1v) is 12.2. The molecule has 190 valence electrons. The molecule has 37 heavy (non-hydrogen) atoms. The minimum atomic E-state index is -0.526. The molecule has 10 nitrogen and oxygen atoms in total.